The van der Waals surface area contributed by atoms with Crippen LogP contribution >= 0.6 is 27.7 Å². The predicted octanol–water partition coefficient (Wildman–Crippen LogP) is 5.08. The van der Waals surface area contributed by atoms with Crippen molar-refractivity contribution in [2.75, 3.05) is 6.54 Å². The van der Waals surface area contributed by atoms with Crippen molar-refractivity contribution in [2.24, 2.45) is 5.92 Å². The fourth-order valence-electron chi connectivity index (χ4n) is 1.87. The summed E-state index contributed by atoms with van der Waals surface area (Å²) in [6.45, 7) is 6.38. The van der Waals surface area contributed by atoms with Crippen LogP contribution in [0.3, 0.4) is 0 Å². The molecule has 0 unspecified atom stereocenters. The molecule has 0 saturated heterocycles. The summed E-state index contributed by atoms with van der Waals surface area (Å²) in [6, 6.07) is 10.4. The number of halogens is 1. The minimum absolute atomic E-state index is 0.668. The number of thioether (sulfide) groups is 1. The van der Waals surface area contributed by atoms with Gasteiger partial charge in [0, 0.05) is 15.9 Å². The van der Waals surface area contributed by atoms with E-state index in [1.165, 1.54) is 10.5 Å². The molecule has 108 valence electrons. The lowest BCUT2D eigenvalue weighted by Gasteiger charge is -2.12. The Kier molecular flexibility index (Phi) is 6.20. The van der Waals surface area contributed by atoms with Gasteiger partial charge >= 0.3 is 0 Å². The molecule has 0 aliphatic heterocycles. The van der Waals surface area contributed by atoms with Gasteiger partial charge in [-0.15, -0.1) is 11.8 Å². The first-order valence-corrected chi connectivity index (χ1v) is 8.57. The van der Waals surface area contributed by atoms with Gasteiger partial charge in [0.25, 0.3) is 0 Å². The Morgan fingerprint density at radius 3 is 2.85 bits per heavy atom. The van der Waals surface area contributed by atoms with Crippen molar-refractivity contribution in [1.29, 1.82) is 0 Å². The third-order valence-electron chi connectivity index (χ3n) is 2.84. The molecule has 4 heteroatoms. The van der Waals surface area contributed by atoms with Crippen molar-refractivity contribution in [1.82, 2.24) is 5.32 Å². The standard InChI is InChI=1S/C16H20BrNOS/c1-12(2)9-18-10-13-8-14(17)5-6-16(13)20-11-15-4-3-7-19-15/h3-8,12,18H,9-11H2,1-2H3. The average molecular weight is 354 g/mol. The molecule has 2 rings (SSSR count). The Labute approximate surface area is 133 Å². The lowest BCUT2D eigenvalue weighted by atomic mass is 10.2. The molecule has 0 aliphatic carbocycles. The quantitative estimate of drug-likeness (QED) is 0.702. The fourth-order valence-corrected chi connectivity index (χ4v) is 3.22. The van der Waals surface area contributed by atoms with Crippen LogP contribution in [0.4, 0.5) is 0 Å². The van der Waals surface area contributed by atoms with Gasteiger partial charge < -0.3 is 9.73 Å². The van der Waals surface area contributed by atoms with Crippen LogP contribution in [-0.4, -0.2) is 6.54 Å². The number of benzene rings is 1. The van der Waals surface area contributed by atoms with Crippen molar-refractivity contribution in [3.05, 3.63) is 52.4 Å². The SMILES string of the molecule is CC(C)CNCc1cc(Br)ccc1SCc1ccco1. The van der Waals surface area contributed by atoms with Crippen LogP contribution in [0, 0.1) is 5.92 Å². The first-order valence-electron chi connectivity index (χ1n) is 6.79. The zero-order valence-electron chi connectivity index (χ0n) is 11.9. The van der Waals surface area contributed by atoms with E-state index in [1.54, 1.807) is 6.26 Å². The van der Waals surface area contributed by atoms with E-state index in [0.29, 0.717) is 5.92 Å². The summed E-state index contributed by atoms with van der Waals surface area (Å²) in [5, 5.41) is 3.50. The highest BCUT2D eigenvalue weighted by Crippen LogP contribution is 2.28. The molecular weight excluding hydrogens is 334 g/mol. The molecule has 0 aliphatic rings. The maximum atomic E-state index is 5.39. The average Bonchev–Trinajstić information content (AvgIpc) is 2.90. The maximum Gasteiger partial charge on any atom is 0.113 e. The zero-order chi connectivity index (χ0) is 14.4. The van der Waals surface area contributed by atoms with Crippen molar-refractivity contribution < 1.29 is 4.42 Å². The van der Waals surface area contributed by atoms with E-state index in [2.05, 4.69) is 53.3 Å². The molecule has 1 aromatic carbocycles. The molecule has 0 saturated carbocycles. The molecule has 2 aromatic rings. The highest BCUT2D eigenvalue weighted by Gasteiger charge is 2.06. The molecule has 0 atom stereocenters. The number of rotatable bonds is 7. The molecule has 1 N–H and O–H groups in total. The molecule has 1 aromatic heterocycles. The van der Waals surface area contributed by atoms with Crippen molar-refractivity contribution in [3.8, 4) is 0 Å². The van der Waals surface area contributed by atoms with Crippen LogP contribution in [0.15, 0.2) is 50.4 Å². The van der Waals surface area contributed by atoms with E-state index in [1.807, 2.05) is 23.9 Å². The number of furan rings is 1. The fraction of sp³-hybridized carbons (Fsp3) is 0.375. The van der Waals surface area contributed by atoms with Crippen molar-refractivity contribution >= 4 is 27.7 Å². The van der Waals surface area contributed by atoms with E-state index >= 15 is 0 Å². The topological polar surface area (TPSA) is 25.2 Å². The molecule has 2 nitrogen and oxygen atoms in total. The van der Waals surface area contributed by atoms with Gasteiger partial charge in [0.2, 0.25) is 0 Å². The van der Waals surface area contributed by atoms with Crippen LogP contribution in [0.2, 0.25) is 0 Å². The summed E-state index contributed by atoms with van der Waals surface area (Å²) < 4.78 is 6.51. The third kappa shape index (κ3) is 5.00. The number of hydrogen-bond donors (Lipinski definition) is 1. The van der Waals surface area contributed by atoms with E-state index in [4.69, 9.17) is 4.42 Å². The van der Waals surface area contributed by atoms with E-state index < -0.39 is 0 Å². The Hall–Kier alpha value is -0.710. The Bertz CT molecular complexity index is 525. The van der Waals surface area contributed by atoms with Gasteiger partial charge in [0.1, 0.15) is 5.76 Å². The van der Waals surface area contributed by atoms with Gasteiger partial charge in [0.15, 0.2) is 0 Å². The number of nitrogens with one attached hydrogen (secondary N) is 1. The van der Waals surface area contributed by atoms with Gasteiger partial charge in [-0.25, -0.2) is 0 Å². The summed E-state index contributed by atoms with van der Waals surface area (Å²) in [4.78, 5) is 1.31. The highest BCUT2D eigenvalue weighted by atomic mass is 79.9. The monoisotopic (exact) mass is 353 g/mol. The second-order valence-electron chi connectivity index (χ2n) is 5.14. The molecule has 0 amide bonds. The van der Waals surface area contributed by atoms with E-state index in [9.17, 15) is 0 Å². The summed E-state index contributed by atoms with van der Waals surface area (Å²) in [7, 11) is 0. The minimum atomic E-state index is 0.668. The van der Waals surface area contributed by atoms with Gasteiger partial charge in [-0.1, -0.05) is 29.8 Å². The van der Waals surface area contributed by atoms with Crippen LogP contribution in [0.1, 0.15) is 25.2 Å². The van der Waals surface area contributed by atoms with Crippen molar-refractivity contribution in [2.45, 2.75) is 31.0 Å². The van der Waals surface area contributed by atoms with Gasteiger partial charge in [0.05, 0.1) is 12.0 Å². The third-order valence-corrected chi connectivity index (χ3v) is 4.47. The minimum Gasteiger partial charge on any atom is -0.468 e. The van der Waals surface area contributed by atoms with E-state index in [-0.39, 0.29) is 0 Å². The predicted molar refractivity (Wildman–Crippen MR) is 89.0 cm³/mol. The molecular formula is C16H20BrNOS. The molecule has 0 spiro atoms. The Morgan fingerprint density at radius 1 is 1.30 bits per heavy atom. The van der Waals surface area contributed by atoms with Gasteiger partial charge in [-0.05, 0) is 48.4 Å². The Balaban J connectivity index is 1.99. The van der Waals surface area contributed by atoms with Crippen LogP contribution < -0.4 is 5.32 Å². The number of hydrogen-bond acceptors (Lipinski definition) is 3. The smallest absolute Gasteiger partial charge is 0.113 e. The van der Waals surface area contributed by atoms with E-state index in [0.717, 1.165) is 29.1 Å². The Morgan fingerprint density at radius 2 is 2.15 bits per heavy atom. The molecule has 1 heterocycles. The molecule has 0 fully saturated rings. The first-order chi connectivity index (χ1) is 9.65. The first kappa shape index (κ1) is 15.7. The second-order valence-corrected chi connectivity index (χ2v) is 7.08. The lowest BCUT2D eigenvalue weighted by Crippen LogP contribution is -2.19. The normalized spacial score (nSPS) is 11.2. The highest BCUT2D eigenvalue weighted by molar-refractivity contribution is 9.10. The van der Waals surface area contributed by atoms with Gasteiger partial charge in [-0.2, -0.15) is 0 Å². The zero-order valence-corrected chi connectivity index (χ0v) is 14.3. The lowest BCUT2D eigenvalue weighted by molar-refractivity contribution is 0.530. The second kappa shape index (κ2) is 7.91. The molecule has 0 radical (unpaired) electrons. The van der Waals surface area contributed by atoms with Gasteiger partial charge in [-0.3, -0.25) is 0 Å². The molecule has 0 bridgehead atoms. The summed E-state index contributed by atoms with van der Waals surface area (Å²) >= 11 is 5.37. The van der Waals surface area contributed by atoms with Crippen LogP contribution in [0.5, 0.6) is 0 Å². The summed E-state index contributed by atoms with van der Waals surface area (Å²) in [5.41, 5.74) is 1.33. The largest absolute Gasteiger partial charge is 0.468 e. The summed E-state index contributed by atoms with van der Waals surface area (Å²) in [6.07, 6.45) is 1.72. The summed E-state index contributed by atoms with van der Waals surface area (Å²) in [5.74, 6) is 2.55. The maximum absolute atomic E-state index is 5.39. The van der Waals surface area contributed by atoms with Crippen LogP contribution in [-0.2, 0) is 12.3 Å². The van der Waals surface area contributed by atoms with Crippen LogP contribution in [0.25, 0.3) is 0 Å². The van der Waals surface area contributed by atoms with Crippen molar-refractivity contribution in [3.63, 3.8) is 0 Å². The molecule has 20 heavy (non-hydrogen) atoms.